The molecule has 4 aromatic rings. The van der Waals surface area contributed by atoms with E-state index >= 15 is 0 Å². The number of pyridine rings is 1. The highest BCUT2D eigenvalue weighted by molar-refractivity contribution is 6.00. The zero-order chi connectivity index (χ0) is 18.8. The van der Waals surface area contributed by atoms with Crippen molar-refractivity contribution in [3.63, 3.8) is 0 Å². The summed E-state index contributed by atoms with van der Waals surface area (Å²) in [5.41, 5.74) is 6.43. The Labute approximate surface area is 156 Å². The summed E-state index contributed by atoms with van der Waals surface area (Å²) in [4.78, 5) is 16.5. The smallest absolute Gasteiger partial charge is 0.308 e. The van der Waals surface area contributed by atoms with E-state index in [1.54, 1.807) is 6.20 Å². The van der Waals surface area contributed by atoms with Crippen LogP contribution < -0.4 is 10.6 Å². The first-order valence-corrected chi connectivity index (χ1v) is 8.64. The third-order valence-corrected chi connectivity index (χ3v) is 4.37. The van der Waals surface area contributed by atoms with Crippen molar-refractivity contribution < 1.29 is 4.79 Å². The highest BCUT2D eigenvalue weighted by Crippen LogP contribution is 2.29. The number of H-pyrrole nitrogens is 1. The van der Waals surface area contributed by atoms with E-state index in [0.717, 1.165) is 39.0 Å². The summed E-state index contributed by atoms with van der Waals surface area (Å²) < 4.78 is 0. The van der Waals surface area contributed by atoms with Crippen LogP contribution in [0.25, 0.3) is 22.0 Å². The molecule has 0 aliphatic rings. The fourth-order valence-electron chi connectivity index (χ4n) is 3.10. The number of nitrogens with one attached hydrogen (secondary N) is 3. The molecule has 0 radical (unpaired) electrons. The Morgan fingerprint density at radius 1 is 0.963 bits per heavy atom. The highest BCUT2D eigenvalue weighted by Gasteiger charge is 2.10. The molecule has 4 rings (SSSR count). The van der Waals surface area contributed by atoms with Gasteiger partial charge in [-0.15, -0.1) is 0 Å². The summed E-state index contributed by atoms with van der Waals surface area (Å²) in [5, 5.41) is 14.0. The Morgan fingerprint density at radius 2 is 1.74 bits per heavy atom. The lowest BCUT2D eigenvalue weighted by Crippen LogP contribution is -2.19. The van der Waals surface area contributed by atoms with Crippen molar-refractivity contribution in [3.05, 3.63) is 72.2 Å². The maximum atomic E-state index is 12.2. The topological polar surface area (TPSA) is 82.7 Å². The van der Waals surface area contributed by atoms with Crippen LogP contribution in [0.4, 0.5) is 16.2 Å². The van der Waals surface area contributed by atoms with Crippen LogP contribution in [0.3, 0.4) is 0 Å². The van der Waals surface area contributed by atoms with Crippen LogP contribution in [-0.2, 0) is 0 Å². The Balaban J connectivity index is 1.52. The lowest BCUT2D eigenvalue weighted by Gasteiger charge is -2.09. The molecular formula is C21H19N5O. The van der Waals surface area contributed by atoms with Crippen LogP contribution in [0, 0.1) is 13.8 Å². The number of aromatic amines is 1. The number of carbonyl (C=O) groups is 1. The van der Waals surface area contributed by atoms with Crippen molar-refractivity contribution in [1.29, 1.82) is 0 Å². The Hall–Kier alpha value is -3.67. The summed E-state index contributed by atoms with van der Waals surface area (Å²) >= 11 is 0. The van der Waals surface area contributed by atoms with E-state index in [1.807, 2.05) is 68.6 Å². The van der Waals surface area contributed by atoms with Crippen molar-refractivity contribution in [2.75, 3.05) is 10.6 Å². The molecule has 2 heterocycles. The molecule has 0 bridgehead atoms. The van der Waals surface area contributed by atoms with Crippen LogP contribution in [0.5, 0.6) is 0 Å². The van der Waals surface area contributed by atoms with E-state index in [4.69, 9.17) is 0 Å². The van der Waals surface area contributed by atoms with Crippen molar-refractivity contribution >= 4 is 28.3 Å². The molecule has 2 amide bonds. The third kappa shape index (κ3) is 3.50. The molecule has 0 aliphatic heterocycles. The van der Waals surface area contributed by atoms with E-state index in [2.05, 4.69) is 25.8 Å². The van der Waals surface area contributed by atoms with Gasteiger partial charge in [-0.25, -0.2) is 4.79 Å². The first kappa shape index (κ1) is 16.8. The Bertz CT molecular complexity index is 1120. The minimum Gasteiger partial charge on any atom is -0.308 e. The minimum atomic E-state index is -0.275. The number of nitrogens with zero attached hydrogens (tertiary/aromatic N) is 2. The highest BCUT2D eigenvalue weighted by atomic mass is 16.2. The lowest BCUT2D eigenvalue weighted by molar-refractivity contribution is 0.262. The third-order valence-electron chi connectivity index (χ3n) is 4.37. The lowest BCUT2D eigenvalue weighted by atomic mass is 10.0. The number of amides is 2. The van der Waals surface area contributed by atoms with Gasteiger partial charge in [0.25, 0.3) is 0 Å². The van der Waals surface area contributed by atoms with Gasteiger partial charge in [0, 0.05) is 34.2 Å². The molecule has 0 saturated carbocycles. The number of benzene rings is 2. The molecule has 0 saturated heterocycles. The number of aromatic nitrogens is 3. The number of anilines is 2. The molecule has 0 unspecified atom stereocenters. The Kier molecular flexibility index (Phi) is 4.30. The maximum Gasteiger partial charge on any atom is 0.323 e. The predicted octanol–water partition coefficient (Wildman–Crippen LogP) is 4.89. The second kappa shape index (κ2) is 6.92. The standard InChI is InChI=1S/C21H19N5O/c1-13-4-3-5-17(10-13)24-21(27)23-16-8-6-15(7-9-16)18-11-22-12-19-20(18)14(2)25-26-19/h3-12H,1-2H3,(H,25,26)(H2,23,24,27). The fraction of sp³-hybridized carbons (Fsp3) is 0.0952. The number of hydrogen-bond acceptors (Lipinski definition) is 3. The van der Waals surface area contributed by atoms with Gasteiger partial charge >= 0.3 is 6.03 Å². The second-order valence-corrected chi connectivity index (χ2v) is 6.46. The van der Waals surface area contributed by atoms with Gasteiger partial charge in [-0.05, 0) is 49.2 Å². The molecule has 3 N–H and O–H groups in total. The number of aryl methyl sites for hydroxylation is 2. The van der Waals surface area contributed by atoms with Gasteiger partial charge in [0.1, 0.15) is 5.52 Å². The van der Waals surface area contributed by atoms with Gasteiger partial charge in [-0.1, -0.05) is 24.3 Å². The average molecular weight is 357 g/mol. The molecule has 0 atom stereocenters. The second-order valence-electron chi connectivity index (χ2n) is 6.46. The number of fused-ring (bicyclic) bond motifs is 1. The first-order valence-electron chi connectivity index (χ1n) is 8.64. The summed E-state index contributed by atoms with van der Waals surface area (Å²) in [7, 11) is 0. The van der Waals surface area contributed by atoms with Crippen molar-refractivity contribution in [1.82, 2.24) is 15.2 Å². The largest absolute Gasteiger partial charge is 0.323 e. The maximum absolute atomic E-state index is 12.2. The quantitative estimate of drug-likeness (QED) is 0.488. The minimum absolute atomic E-state index is 0.275. The first-order chi connectivity index (χ1) is 13.1. The molecule has 27 heavy (non-hydrogen) atoms. The molecule has 2 aromatic heterocycles. The predicted molar refractivity (Wildman–Crippen MR) is 108 cm³/mol. The summed E-state index contributed by atoms with van der Waals surface area (Å²) in [5.74, 6) is 0. The van der Waals surface area contributed by atoms with Crippen LogP contribution in [-0.4, -0.2) is 21.2 Å². The van der Waals surface area contributed by atoms with Gasteiger partial charge in [-0.2, -0.15) is 5.10 Å². The van der Waals surface area contributed by atoms with Gasteiger partial charge in [0.05, 0.1) is 6.20 Å². The Morgan fingerprint density at radius 3 is 2.52 bits per heavy atom. The SMILES string of the molecule is Cc1cccc(NC(=O)Nc2ccc(-c3cncc4n[nH]c(C)c34)cc2)c1. The molecule has 134 valence electrons. The van der Waals surface area contributed by atoms with Crippen LogP contribution in [0.15, 0.2) is 60.9 Å². The molecule has 6 heteroatoms. The number of hydrogen-bond donors (Lipinski definition) is 3. The van der Waals surface area contributed by atoms with Crippen LogP contribution in [0.2, 0.25) is 0 Å². The molecule has 0 spiro atoms. The van der Waals surface area contributed by atoms with Crippen molar-refractivity contribution in [2.45, 2.75) is 13.8 Å². The zero-order valence-corrected chi connectivity index (χ0v) is 15.1. The molecule has 2 aromatic carbocycles. The zero-order valence-electron chi connectivity index (χ0n) is 15.1. The van der Waals surface area contributed by atoms with Gasteiger partial charge in [-0.3, -0.25) is 10.1 Å². The average Bonchev–Trinajstić information content (AvgIpc) is 3.04. The number of rotatable bonds is 3. The van der Waals surface area contributed by atoms with E-state index in [9.17, 15) is 4.79 Å². The summed E-state index contributed by atoms with van der Waals surface area (Å²) in [6, 6.07) is 15.1. The van der Waals surface area contributed by atoms with Crippen molar-refractivity contribution in [3.8, 4) is 11.1 Å². The monoisotopic (exact) mass is 357 g/mol. The molecular weight excluding hydrogens is 338 g/mol. The van der Waals surface area contributed by atoms with Gasteiger partial charge < -0.3 is 10.6 Å². The van der Waals surface area contributed by atoms with Gasteiger partial charge in [0.15, 0.2) is 0 Å². The fourth-order valence-corrected chi connectivity index (χ4v) is 3.10. The number of carbonyl (C=O) groups excluding carboxylic acids is 1. The van der Waals surface area contributed by atoms with E-state index < -0.39 is 0 Å². The van der Waals surface area contributed by atoms with Crippen molar-refractivity contribution in [2.24, 2.45) is 0 Å². The van der Waals surface area contributed by atoms with E-state index in [0.29, 0.717) is 5.69 Å². The normalized spacial score (nSPS) is 10.7. The van der Waals surface area contributed by atoms with Gasteiger partial charge in [0.2, 0.25) is 0 Å². The summed E-state index contributed by atoms with van der Waals surface area (Å²) in [6.07, 6.45) is 3.58. The van der Waals surface area contributed by atoms with E-state index in [-0.39, 0.29) is 6.03 Å². The molecule has 0 aliphatic carbocycles. The molecule has 6 nitrogen and oxygen atoms in total. The van der Waals surface area contributed by atoms with E-state index in [1.165, 1.54) is 0 Å². The van der Waals surface area contributed by atoms with Crippen LogP contribution >= 0.6 is 0 Å². The number of urea groups is 1. The summed E-state index contributed by atoms with van der Waals surface area (Å²) in [6.45, 7) is 3.98. The molecule has 0 fully saturated rings. The van der Waals surface area contributed by atoms with Crippen LogP contribution in [0.1, 0.15) is 11.3 Å².